The summed E-state index contributed by atoms with van der Waals surface area (Å²) in [5.41, 5.74) is 1.61. The highest BCUT2D eigenvalue weighted by Gasteiger charge is 2.16. The SMILES string of the molecule is Cc1cc(NC(=O)c2ccc(S(=O)(=O)Nc3ccccc3)cc2)n(C)n1. The van der Waals surface area contributed by atoms with Crippen LogP contribution in [-0.4, -0.2) is 24.1 Å². The van der Waals surface area contributed by atoms with Gasteiger partial charge in [-0.1, -0.05) is 18.2 Å². The second kappa shape index (κ2) is 7.01. The van der Waals surface area contributed by atoms with Gasteiger partial charge in [0.25, 0.3) is 15.9 Å². The van der Waals surface area contributed by atoms with Crippen LogP contribution < -0.4 is 10.0 Å². The highest BCUT2D eigenvalue weighted by atomic mass is 32.2. The summed E-state index contributed by atoms with van der Waals surface area (Å²) in [6.45, 7) is 1.83. The van der Waals surface area contributed by atoms with Crippen molar-refractivity contribution in [3.05, 3.63) is 71.9 Å². The lowest BCUT2D eigenvalue weighted by molar-refractivity contribution is 0.102. The molecule has 0 aliphatic rings. The largest absolute Gasteiger partial charge is 0.307 e. The van der Waals surface area contributed by atoms with E-state index < -0.39 is 10.0 Å². The van der Waals surface area contributed by atoms with E-state index in [9.17, 15) is 13.2 Å². The maximum atomic E-state index is 12.4. The Morgan fingerprint density at radius 1 is 1.04 bits per heavy atom. The number of hydrogen-bond acceptors (Lipinski definition) is 4. The molecule has 3 rings (SSSR count). The first-order valence-corrected chi connectivity index (χ1v) is 9.33. The van der Waals surface area contributed by atoms with Gasteiger partial charge in [0.2, 0.25) is 0 Å². The lowest BCUT2D eigenvalue weighted by Gasteiger charge is -2.09. The zero-order valence-electron chi connectivity index (χ0n) is 14.3. The molecule has 0 aliphatic carbocycles. The maximum absolute atomic E-state index is 12.4. The number of aryl methyl sites for hydroxylation is 2. The first-order chi connectivity index (χ1) is 12.3. The number of carbonyl (C=O) groups is 1. The maximum Gasteiger partial charge on any atom is 0.261 e. The minimum atomic E-state index is -3.71. The Bertz CT molecular complexity index is 1030. The van der Waals surface area contributed by atoms with Crippen molar-refractivity contribution < 1.29 is 13.2 Å². The Morgan fingerprint density at radius 2 is 1.69 bits per heavy atom. The Kier molecular flexibility index (Phi) is 4.77. The van der Waals surface area contributed by atoms with Crippen molar-refractivity contribution in [2.45, 2.75) is 11.8 Å². The number of anilines is 2. The number of hydrogen-bond donors (Lipinski definition) is 2. The van der Waals surface area contributed by atoms with Crippen LogP contribution in [0.3, 0.4) is 0 Å². The summed E-state index contributed by atoms with van der Waals surface area (Å²) in [5.74, 6) is 0.225. The molecule has 0 atom stereocenters. The third-order valence-electron chi connectivity index (χ3n) is 3.70. The number of rotatable bonds is 5. The Labute approximate surface area is 151 Å². The fraction of sp³-hybridized carbons (Fsp3) is 0.111. The van der Waals surface area contributed by atoms with Crippen molar-refractivity contribution >= 4 is 27.4 Å². The van der Waals surface area contributed by atoms with E-state index in [1.807, 2.05) is 6.92 Å². The Balaban J connectivity index is 1.75. The average molecular weight is 370 g/mol. The number of aromatic nitrogens is 2. The van der Waals surface area contributed by atoms with E-state index in [1.165, 1.54) is 24.3 Å². The molecule has 1 aromatic heterocycles. The number of amides is 1. The van der Waals surface area contributed by atoms with Crippen LogP contribution in [0.25, 0.3) is 0 Å². The molecule has 134 valence electrons. The lowest BCUT2D eigenvalue weighted by atomic mass is 10.2. The van der Waals surface area contributed by atoms with Gasteiger partial charge < -0.3 is 5.32 Å². The molecule has 26 heavy (non-hydrogen) atoms. The molecule has 1 heterocycles. The average Bonchev–Trinajstić information content (AvgIpc) is 2.92. The standard InChI is InChI=1S/C18H18N4O3S/c1-13-12-17(22(2)20-13)19-18(23)14-8-10-16(11-9-14)26(24,25)21-15-6-4-3-5-7-15/h3-12,21H,1-2H3,(H,19,23). The second-order valence-corrected chi connectivity index (χ2v) is 7.43. The van der Waals surface area contributed by atoms with Gasteiger partial charge in [-0.2, -0.15) is 5.10 Å². The normalized spacial score (nSPS) is 11.2. The van der Waals surface area contributed by atoms with Gasteiger partial charge in [-0.3, -0.25) is 14.2 Å². The van der Waals surface area contributed by atoms with Crippen molar-refractivity contribution in [3.8, 4) is 0 Å². The number of benzene rings is 2. The van der Waals surface area contributed by atoms with Crippen molar-refractivity contribution in [3.63, 3.8) is 0 Å². The van der Waals surface area contributed by atoms with Crippen LogP contribution in [0.2, 0.25) is 0 Å². The number of sulfonamides is 1. The van der Waals surface area contributed by atoms with Crippen molar-refractivity contribution in [1.82, 2.24) is 9.78 Å². The number of para-hydroxylation sites is 1. The van der Waals surface area contributed by atoms with Crippen LogP contribution in [0.4, 0.5) is 11.5 Å². The monoisotopic (exact) mass is 370 g/mol. The topological polar surface area (TPSA) is 93.1 Å². The van der Waals surface area contributed by atoms with Crippen LogP contribution in [-0.2, 0) is 17.1 Å². The Hall–Kier alpha value is -3.13. The summed E-state index contributed by atoms with van der Waals surface area (Å²) in [7, 11) is -1.98. The van der Waals surface area contributed by atoms with Crippen LogP contribution in [0.1, 0.15) is 16.1 Å². The van der Waals surface area contributed by atoms with E-state index >= 15 is 0 Å². The molecule has 8 heteroatoms. The van der Waals surface area contributed by atoms with Crippen LogP contribution in [0.5, 0.6) is 0 Å². The molecule has 0 fully saturated rings. The quantitative estimate of drug-likeness (QED) is 0.722. The van der Waals surface area contributed by atoms with Crippen LogP contribution >= 0.6 is 0 Å². The molecule has 1 amide bonds. The van der Waals surface area contributed by atoms with Gasteiger partial charge in [-0.15, -0.1) is 0 Å². The predicted octanol–water partition coefficient (Wildman–Crippen LogP) is 2.78. The molecule has 0 aliphatic heterocycles. The van der Waals surface area contributed by atoms with Crippen LogP contribution in [0, 0.1) is 6.92 Å². The van der Waals surface area contributed by atoms with E-state index in [2.05, 4.69) is 15.1 Å². The molecule has 0 unspecified atom stereocenters. The van der Waals surface area contributed by atoms with Crippen molar-refractivity contribution in [2.75, 3.05) is 10.0 Å². The molecule has 7 nitrogen and oxygen atoms in total. The summed E-state index contributed by atoms with van der Waals surface area (Å²) < 4.78 is 28.9. The predicted molar refractivity (Wildman–Crippen MR) is 99.6 cm³/mol. The van der Waals surface area contributed by atoms with E-state index in [-0.39, 0.29) is 10.8 Å². The number of carbonyl (C=O) groups excluding carboxylic acids is 1. The minimum absolute atomic E-state index is 0.0780. The van der Waals surface area contributed by atoms with E-state index in [0.29, 0.717) is 17.1 Å². The van der Waals surface area contributed by atoms with Gasteiger partial charge >= 0.3 is 0 Å². The lowest BCUT2D eigenvalue weighted by Crippen LogP contribution is -2.16. The molecule has 0 saturated heterocycles. The second-order valence-electron chi connectivity index (χ2n) is 5.74. The molecular weight excluding hydrogens is 352 g/mol. The molecule has 0 spiro atoms. The van der Waals surface area contributed by atoms with Gasteiger partial charge in [0.15, 0.2) is 0 Å². The fourth-order valence-electron chi connectivity index (χ4n) is 2.42. The molecule has 2 aromatic carbocycles. The Morgan fingerprint density at radius 3 is 2.27 bits per heavy atom. The molecular formula is C18H18N4O3S. The summed E-state index contributed by atoms with van der Waals surface area (Å²) in [5, 5.41) is 6.90. The smallest absolute Gasteiger partial charge is 0.261 e. The van der Waals surface area contributed by atoms with Gasteiger partial charge in [0.05, 0.1) is 10.6 Å². The van der Waals surface area contributed by atoms with Crippen molar-refractivity contribution in [1.29, 1.82) is 0 Å². The van der Waals surface area contributed by atoms with Crippen molar-refractivity contribution in [2.24, 2.45) is 7.05 Å². The molecule has 2 N–H and O–H groups in total. The van der Waals surface area contributed by atoms with E-state index in [0.717, 1.165) is 5.69 Å². The third-order valence-corrected chi connectivity index (χ3v) is 5.09. The molecule has 0 saturated carbocycles. The van der Waals surface area contributed by atoms with Crippen LogP contribution in [0.15, 0.2) is 65.6 Å². The third kappa shape index (κ3) is 3.92. The zero-order valence-corrected chi connectivity index (χ0v) is 15.1. The minimum Gasteiger partial charge on any atom is -0.307 e. The molecule has 3 aromatic rings. The van der Waals surface area contributed by atoms with Gasteiger partial charge in [0.1, 0.15) is 5.82 Å². The number of nitrogens with zero attached hydrogens (tertiary/aromatic N) is 2. The summed E-state index contributed by atoms with van der Waals surface area (Å²) >= 11 is 0. The fourth-order valence-corrected chi connectivity index (χ4v) is 3.48. The summed E-state index contributed by atoms with van der Waals surface area (Å²) in [4.78, 5) is 12.4. The van der Waals surface area contributed by atoms with Gasteiger partial charge in [-0.05, 0) is 43.3 Å². The highest BCUT2D eigenvalue weighted by Crippen LogP contribution is 2.17. The summed E-state index contributed by atoms with van der Waals surface area (Å²) in [6.07, 6.45) is 0. The van der Waals surface area contributed by atoms with E-state index in [4.69, 9.17) is 0 Å². The highest BCUT2D eigenvalue weighted by molar-refractivity contribution is 7.92. The first-order valence-electron chi connectivity index (χ1n) is 7.85. The summed E-state index contributed by atoms with van der Waals surface area (Å²) in [6, 6.07) is 16.1. The molecule has 0 bridgehead atoms. The first kappa shape index (κ1) is 17.7. The van der Waals surface area contributed by atoms with Gasteiger partial charge in [-0.25, -0.2) is 8.42 Å². The number of nitrogens with one attached hydrogen (secondary N) is 2. The zero-order chi connectivity index (χ0) is 18.7. The molecule has 0 radical (unpaired) electrons. The van der Waals surface area contributed by atoms with E-state index in [1.54, 1.807) is 48.1 Å². The van der Waals surface area contributed by atoms with Gasteiger partial charge in [0, 0.05) is 24.4 Å².